The van der Waals surface area contributed by atoms with Gasteiger partial charge in [-0.05, 0) is 24.3 Å². The van der Waals surface area contributed by atoms with E-state index in [1.54, 1.807) is 0 Å². The molecule has 0 atom stereocenters. The maximum atomic E-state index is 7.01. The van der Waals surface area contributed by atoms with Crippen molar-refractivity contribution in [1.82, 2.24) is 0 Å². The molecule has 0 spiro atoms. The fraction of sp³-hybridized carbons (Fsp3) is 0.0952. The molecule has 3 aromatic carbocycles. The van der Waals surface area contributed by atoms with Crippen LogP contribution in [-0.4, -0.2) is 5.84 Å². The van der Waals surface area contributed by atoms with Crippen LogP contribution in [0.5, 0.6) is 0 Å². The molecule has 4 heteroatoms. The molecule has 0 aliphatic carbocycles. The lowest BCUT2D eigenvalue weighted by Gasteiger charge is -1.93. The SMILES string of the molecule is CC.N=C(N)c1ccccc1.Nc1ccc2oc3ccccc3c2c1. The van der Waals surface area contributed by atoms with Crippen molar-refractivity contribution in [3.8, 4) is 0 Å². The maximum Gasteiger partial charge on any atom is 0.135 e. The third kappa shape index (κ3) is 4.38. The molecule has 0 aliphatic heterocycles. The Hall–Kier alpha value is -3.27. The number of para-hydroxylation sites is 1. The summed E-state index contributed by atoms with van der Waals surface area (Å²) in [5.74, 6) is 0.121. The highest BCUT2D eigenvalue weighted by atomic mass is 16.3. The second-order valence-electron chi connectivity index (χ2n) is 5.13. The molecule has 25 heavy (non-hydrogen) atoms. The summed E-state index contributed by atoms with van der Waals surface area (Å²) in [6.07, 6.45) is 0. The third-order valence-electron chi connectivity index (χ3n) is 3.49. The van der Waals surface area contributed by atoms with Crippen molar-refractivity contribution in [2.75, 3.05) is 5.73 Å². The lowest BCUT2D eigenvalue weighted by Crippen LogP contribution is -2.10. The van der Waals surface area contributed by atoms with E-state index in [0.29, 0.717) is 0 Å². The fourth-order valence-corrected chi connectivity index (χ4v) is 2.36. The van der Waals surface area contributed by atoms with E-state index in [1.165, 1.54) is 0 Å². The summed E-state index contributed by atoms with van der Waals surface area (Å²) in [5, 5.41) is 9.22. The predicted molar refractivity (Wildman–Crippen MR) is 107 cm³/mol. The van der Waals surface area contributed by atoms with Crippen molar-refractivity contribution in [2.45, 2.75) is 13.8 Å². The van der Waals surface area contributed by atoms with E-state index in [-0.39, 0.29) is 5.84 Å². The van der Waals surface area contributed by atoms with E-state index in [1.807, 2.05) is 86.6 Å². The van der Waals surface area contributed by atoms with E-state index < -0.39 is 0 Å². The summed E-state index contributed by atoms with van der Waals surface area (Å²) in [6, 6.07) is 22.9. The number of rotatable bonds is 1. The molecular formula is C21H23N3O. The number of nitrogens with one attached hydrogen (secondary N) is 1. The fourth-order valence-electron chi connectivity index (χ4n) is 2.36. The van der Waals surface area contributed by atoms with E-state index >= 15 is 0 Å². The number of hydrogen-bond donors (Lipinski definition) is 3. The van der Waals surface area contributed by atoms with Gasteiger partial charge in [-0.15, -0.1) is 0 Å². The standard InChI is InChI=1S/C12H9NO.C7H8N2.C2H6/c13-8-5-6-12-10(7-8)9-3-1-2-4-11(9)14-12;8-7(9)6-4-2-1-3-5-6;1-2/h1-7H,13H2;1-5H,(H3,8,9);1-2H3. The first-order chi connectivity index (χ1) is 12.1. The summed E-state index contributed by atoms with van der Waals surface area (Å²) < 4.78 is 5.65. The molecule has 0 unspecified atom stereocenters. The molecule has 4 rings (SSSR count). The lowest BCUT2D eigenvalue weighted by molar-refractivity contribution is 0.669. The van der Waals surface area contributed by atoms with Crippen molar-refractivity contribution < 1.29 is 4.42 Å². The van der Waals surface area contributed by atoms with Crippen LogP contribution >= 0.6 is 0 Å². The minimum absolute atomic E-state index is 0.121. The zero-order chi connectivity index (χ0) is 18.2. The Kier molecular flexibility index (Phi) is 6.18. The monoisotopic (exact) mass is 333 g/mol. The summed E-state index contributed by atoms with van der Waals surface area (Å²) >= 11 is 0. The van der Waals surface area contributed by atoms with Gasteiger partial charge in [-0.3, -0.25) is 5.41 Å². The van der Waals surface area contributed by atoms with Gasteiger partial charge in [0.15, 0.2) is 0 Å². The average Bonchev–Trinajstić information content (AvgIpc) is 3.02. The number of furan rings is 1. The van der Waals surface area contributed by atoms with Gasteiger partial charge in [0.05, 0.1) is 0 Å². The summed E-state index contributed by atoms with van der Waals surface area (Å²) in [4.78, 5) is 0. The van der Waals surface area contributed by atoms with Crippen LogP contribution in [0.3, 0.4) is 0 Å². The number of benzene rings is 3. The Bertz CT molecular complexity index is 959. The molecule has 0 aliphatic rings. The lowest BCUT2D eigenvalue weighted by atomic mass is 10.1. The molecule has 0 fully saturated rings. The molecule has 1 aromatic heterocycles. The van der Waals surface area contributed by atoms with Gasteiger partial charge < -0.3 is 15.9 Å². The molecule has 0 amide bonds. The number of nitrogen functional groups attached to an aromatic ring is 2. The first-order valence-corrected chi connectivity index (χ1v) is 8.21. The smallest absolute Gasteiger partial charge is 0.135 e. The summed E-state index contributed by atoms with van der Waals surface area (Å²) in [5.41, 5.74) is 14.3. The molecular weight excluding hydrogens is 310 g/mol. The topological polar surface area (TPSA) is 89.0 Å². The van der Waals surface area contributed by atoms with Gasteiger partial charge in [0.2, 0.25) is 0 Å². The van der Waals surface area contributed by atoms with Crippen LogP contribution < -0.4 is 11.5 Å². The Morgan fingerprint density at radius 3 is 2.04 bits per heavy atom. The molecule has 4 nitrogen and oxygen atoms in total. The van der Waals surface area contributed by atoms with Crippen LogP contribution in [0.25, 0.3) is 21.9 Å². The van der Waals surface area contributed by atoms with E-state index in [4.69, 9.17) is 21.3 Å². The van der Waals surface area contributed by atoms with Crippen LogP contribution in [0.1, 0.15) is 19.4 Å². The molecule has 1 heterocycles. The Balaban J connectivity index is 0.000000179. The van der Waals surface area contributed by atoms with Crippen LogP contribution in [-0.2, 0) is 0 Å². The van der Waals surface area contributed by atoms with E-state index in [0.717, 1.165) is 33.2 Å². The Morgan fingerprint density at radius 1 is 0.800 bits per heavy atom. The van der Waals surface area contributed by atoms with Gasteiger partial charge in [0.1, 0.15) is 17.0 Å². The largest absolute Gasteiger partial charge is 0.456 e. The molecule has 128 valence electrons. The van der Waals surface area contributed by atoms with Gasteiger partial charge >= 0.3 is 0 Å². The number of fused-ring (bicyclic) bond motifs is 3. The second-order valence-corrected chi connectivity index (χ2v) is 5.13. The van der Waals surface area contributed by atoms with Crippen LogP contribution in [0.4, 0.5) is 5.69 Å². The second kappa shape index (κ2) is 8.55. The van der Waals surface area contributed by atoms with Crippen molar-refractivity contribution >= 4 is 33.5 Å². The number of anilines is 1. The quantitative estimate of drug-likeness (QED) is 0.255. The Morgan fingerprint density at radius 2 is 1.40 bits per heavy atom. The zero-order valence-electron chi connectivity index (χ0n) is 14.5. The van der Waals surface area contributed by atoms with Crippen molar-refractivity contribution in [3.05, 3.63) is 78.4 Å². The zero-order valence-corrected chi connectivity index (χ0v) is 14.5. The van der Waals surface area contributed by atoms with Gasteiger partial charge in [-0.25, -0.2) is 0 Å². The number of amidine groups is 1. The first-order valence-electron chi connectivity index (χ1n) is 8.21. The number of nitrogens with two attached hydrogens (primary N) is 2. The van der Waals surface area contributed by atoms with Crippen LogP contribution in [0.15, 0.2) is 77.2 Å². The average molecular weight is 333 g/mol. The molecule has 0 saturated heterocycles. The minimum Gasteiger partial charge on any atom is -0.456 e. The van der Waals surface area contributed by atoms with Crippen LogP contribution in [0, 0.1) is 5.41 Å². The van der Waals surface area contributed by atoms with Crippen molar-refractivity contribution in [3.63, 3.8) is 0 Å². The van der Waals surface area contributed by atoms with Crippen LogP contribution in [0.2, 0.25) is 0 Å². The molecule has 5 N–H and O–H groups in total. The van der Waals surface area contributed by atoms with Gasteiger partial charge in [-0.2, -0.15) is 0 Å². The first kappa shape index (κ1) is 18.1. The normalized spacial score (nSPS) is 9.68. The predicted octanol–water partition coefficient (Wildman–Crippen LogP) is 5.17. The Labute approximate surface area is 147 Å². The van der Waals surface area contributed by atoms with Gasteiger partial charge in [0, 0.05) is 22.0 Å². The highest BCUT2D eigenvalue weighted by Crippen LogP contribution is 2.29. The van der Waals surface area contributed by atoms with Crippen molar-refractivity contribution in [1.29, 1.82) is 5.41 Å². The highest BCUT2D eigenvalue weighted by molar-refractivity contribution is 6.05. The summed E-state index contributed by atoms with van der Waals surface area (Å²) in [7, 11) is 0. The highest BCUT2D eigenvalue weighted by Gasteiger charge is 2.04. The summed E-state index contributed by atoms with van der Waals surface area (Å²) in [6.45, 7) is 4.00. The minimum atomic E-state index is 0.121. The number of hydrogen-bond acceptors (Lipinski definition) is 3. The van der Waals surface area contributed by atoms with Gasteiger partial charge in [0.25, 0.3) is 0 Å². The van der Waals surface area contributed by atoms with E-state index in [9.17, 15) is 0 Å². The molecule has 4 aromatic rings. The van der Waals surface area contributed by atoms with Gasteiger partial charge in [-0.1, -0.05) is 62.4 Å². The van der Waals surface area contributed by atoms with E-state index in [2.05, 4.69) is 0 Å². The molecule has 0 saturated carbocycles. The molecule has 0 radical (unpaired) electrons. The third-order valence-corrected chi connectivity index (χ3v) is 3.49. The molecule has 0 bridgehead atoms. The maximum absolute atomic E-state index is 7.01. The van der Waals surface area contributed by atoms with Crippen molar-refractivity contribution in [2.24, 2.45) is 5.73 Å².